The number of halogens is 9. The minimum Gasteiger partial charge on any atom is -0.508 e. The molecule has 1 saturated carbocycles. The summed E-state index contributed by atoms with van der Waals surface area (Å²) in [4.78, 5) is 9.89. The fourth-order valence-corrected chi connectivity index (χ4v) is 15.5. The third-order valence-corrected chi connectivity index (χ3v) is 24.1. The SMILES string of the molecule is BrB(Br)Br.CC1(C)OB(C2=CCCCC2)OC1(C)C.CCCCNC.CO.COC(=O)C(F)(F)S(=O)(=O)F.COc1cc(Br)cc(OC)c1.COc1cc(C)c(Br)c(OC)c1.COc1cc(C)c(C2=CCCCC2)c(OC)c1.COc1cc(C)c(C2=CCCCC2)c(OC)c1.COc1cc(C)cc(OC)c1.COc1cc(I)cc(OC)c1.Cc1cc(O)cc(O)c1C1CCCCC1.[2H]CC. The highest BCUT2D eigenvalue weighted by molar-refractivity contribution is 14.1. The van der Waals surface area contributed by atoms with Crippen LogP contribution in [0.5, 0.6) is 80.5 Å². The summed E-state index contributed by atoms with van der Waals surface area (Å²) >= 11 is 18.3. The molecule has 34 heteroatoms. The second-order valence-electron chi connectivity index (χ2n) is 31.2. The molecule has 752 valence electrons. The summed E-state index contributed by atoms with van der Waals surface area (Å²) in [6, 6.07) is 32.2. The fraction of sp³-hybridized carbons (Fsp3) is 0.510. The number of unbranched alkanes of at least 4 members (excludes halogenated alkanes) is 1. The van der Waals surface area contributed by atoms with Crippen molar-refractivity contribution >= 4 is 139 Å². The number of aryl methyl sites for hydroxylation is 5. The van der Waals surface area contributed by atoms with Crippen molar-refractivity contribution in [3.05, 3.63) is 184 Å². The van der Waals surface area contributed by atoms with Crippen molar-refractivity contribution in [3.8, 4) is 80.5 Å². The summed E-state index contributed by atoms with van der Waals surface area (Å²) in [5, 5.41) is 24.2. The van der Waals surface area contributed by atoms with E-state index in [9.17, 15) is 36.1 Å². The van der Waals surface area contributed by atoms with Crippen molar-refractivity contribution in [2.24, 2.45) is 0 Å². The number of aliphatic hydroxyl groups excluding tert-OH is 1. The van der Waals surface area contributed by atoms with Crippen LogP contribution in [0.15, 0.2) is 136 Å². The maximum absolute atomic E-state index is 11.9. The highest BCUT2D eigenvalue weighted by atomic mass is 127. The highest BCUT2D eigenvalue weighted by Crippen LogP contribution is 2.44. The molecule has 0 radical (unpaired) electrons. The second kappa shape index (κ2) is 69.2. The Hall–Kier alpha value is -6.73. The number of methoxy groups -OCH3 is 13. The summed E-state index contributed by atoms with van der Waals surface area (Å²) in [6.07, 6.45) is 30.5. The number of ether oxygens (including phenoxy) is 13. The van der Waals surface area contributed by atoms with Gasteiger partial charge in [-0.2, -0.15) is 17.2 Å². The standard InChI is InChI=1S/2C15H20O2.C13H18O2.C12H21BO2.C9H11BrO2.C9H12O2.C8H9BrO2.C8H9IO2.C5H13N.C3H3F3O4S.C2H6.CH4O.BBr3/c2*1-11-9-13(16-2)10-14(17-3)15(11)12-7-5-4-6-8-12;1-9-7-11(14)8-12(15)13(9)10-5-3-2-4-6-10;1-11(2)12(3,4)15-13(14-11)10-8-6-5-7-9-10;1-6-4-7(11-2)5-8(12-3)9(6)10;1-7-4-8(10-2)6-9(5-7)11-3;2*1-10-7-3-6(9)4-8(5-7)11-2;1-3-4-5-6-2;1-10-2(7)3(4,5)11(6,8)9;2*1-2;2-1(3)4/h2*7,9-10H,4-6,8H2,1-3H3;7-8,10,14-15H,2-6H2,1H3;8H,5-7,9H2,1-4H3;4-5H,1-3H3;4-6H,1-3H3;2*3-5H,1-2H3;6H,3-5H2,1-2H3;1H3;1-2H3;2H,1H3;/i;;;;;;;;;;1D;;. The number of hydrogen-bond acceptors (Lipinski definition) is 22. The van der Waals surface area contributed by atoms with E-state index in [1.54, 1.807) is 98.3 Å². The van der Waals surface area contributed by atoms with Gasteiger partial charge in [-0.25, -0.2) is 4.79 Å². The number of carbonyl (C=O) groups excluding carboxylic acids is 1. The Morgan fingerprint density at radius 1 is 0.530 bits per heavy atom. The smallest absolute Gasteiger partial charge is 0.490 e. The summed E-state index contributed by atoms with van der Waals surface area (Å²) in [6.45, 7) is 24.3. The first-order valence-corrected chi connectivity index (χ1v) is 50.7. The summed E-state index contributed by atoms with van der Waals surface area (Å²) in [7, 11) is 17.1. The van der Waals surface area contributed by atoms with Crippen LogP contribution in [-0.4, -0.2) is 170 Å². The van der Waals surface area contributed by atoms with E-state index in [0.717, 1.165) is 137 Å². The van der Waals surface area contributed by atoms with Crippen LogP contribution in [-0.2, 0) is 29.1 Å². The molecule has 12 rings (SSSR count). The molecule has 1 saturated heterocycles. The fourth-order valence-electron chi connectivity index (χ4n) is 13.8. The molecule has 0 bridgehead atoms. The number of esters is 1. The van der Waals surface area contributed by atoms with Gasteiger partial charge in [-0.3, -0.25) is 0 Å². The lowest BCUT2D eigenvalue weighted by molar-refractivity contribution is -0.157. The number of rotatable bonds is 21. The first-order chi connectivity index (χ1) is 63.9. The van der Waals surface area contributed by atoms with Crippen molar-refractivity contribution in [2.75, 3.05) is 113 Å². The molecule has 2 fully saturated rings. The van der Waals surface area contributed by atoms with E-state index in [2.05, 4.69) is 191 Å². The van der Waals surface area contributed by atoms with Crippen LogP contribution in [0.3, 0.4) is 0 Å². The number of phenolic OH excluding ortho intramolecular Hbond substituents is 2. The minimum atomic E-state index is -6.22. The minimum absolute atomic E-state index is 0.102. The van der Waals surface area contributed by atoms with Crippen LogP contribution < -0.4 is 62.2 Å². The number of alkyl halides is 2. The lowest BCUT2D eigenvalue weighted by atomic mass is 9.73. The highest BCUT2D eigenvalue weighted by Gasteiger charge is 2.55. The number of aliphatic hydroxyl groups is 1. The molecular weight excluding hydrogens is 2190 g/mol. The van der Waals surface area contributed by atoms with Gasteiger partial charge in [-0.1, -0.05) is 84.5 Å². The molecule has 7 aromatic rings. The molecule has 0 spiro atoms. The monoisotopic (exact) mass is 2330 g/mol. The van der Waals surface area contributed by atoms with Crippen molar-refractivity contribution in [3.63, 3.8) is 0 Å². The maximum Gasteiger partial charge on any atom is 0.490 e. The zero-order chi connectivity index (χ0) is 103. The first kappa shape index (κ1) is 125. The number of benzene rings is 7. The van der Waals surface area contributed by atoms with E-state index in [4.69, 9.17) is 72.6 Å². The number of carbonyl (C=O) groups is 1. The molecule has 4 aliphatic carbocycles. The molecule has 0 unspecified atom stereocenters. The Kier molecular flexibility index (Phi) is 64.7. The average molecular weight is 2340 g/mol. The predicted molar refractivity (Wildman–Crippen MR) is 568 cm³/mol. The third kappa shape index (κ3) is 46.4. The molecule has 7 aromatic carbocycles. The molecule has 134 heavy (non-hydrogen) atoms. The number of allylic oxidation sites excluding steroid dienone is 6. The second-order valence-corrected chi connectivity index (χ2v) is 42.0. The van der Waals surface area contributed by atoms with Gasteiger partial charge in [0.2, 0.25) is 0 Å². The van der Waals surface area contributed by atoms with Gasteiger partial charge in [-0.05, 0) is 322 Å². The van der Waals surface area contributed by atoms with Gasteiger partial charge in [0.15, 0.2) is 0 Å². The van der Waals surface area contributed by atoms with Crippen molar-refractivity contribution in [1.82, 2.24) is 5.32 Å². The van der Waals surface area contributed by atoms with E-state index < -0.39 is 21.4 Å². The topological polar surface area (TPSA) is 262 Å². The Morgan fingerprint density at radius 3 is 1.20 bits per heavy atom. The number of nitrogens with one attached hydrogen (secondary N) is 1. The Balaban J connectivity index is 0.00000147. The van der Waals surface area contributed by atoms with Crippen LogP contribution in [0, 0.1) is 38.2 Å². The normalized spacial score (nSPS) is 14.2. The van der Waals surface area contributed by atoms with Crippen LogP contribution in [0.25, 0.3) is 11.1 Å². The molecule has 1 heterocycles. The van der Waals surface area contributed by atoms with Gasteiger partial charge < -0.3 is 91.5 Å². The van der Waals surface area contributed by atoms with Crippen LogP contribution in [0.1, 0.15) is 222 Å². The molecule has 5 aliphatic rings. The summed E-state index contributed by atoms with van der Waals surface area (Å²) in [5.41, 5.74) is 13.1. The Labute approximate surface area is 855 Å². The molecule has 0 aromatic heterocycles. The zero-order valence-electron chi connectivity index (χ0n) is 84.1. The van der Waals surface area contributed by atoms with E-state index in [0.29, 0.717) is 19.9 Å². The van der Waals surface area contributed by atoms with Crippen LogP contribution >= 0.6 is 102 Å². The molecule has 4 N–H and O–H groups in total. The van der Waals surface area contributed by atoms with Crippen LogP contribution in [0.2, 0.25) is 0 Å². The average Bonchev–Trinajstić information content (AvgIpc) is 1.63. The zero-order valence-corrected chi connectivity index (χ0v) is 94.0. The van der Waals surface area contributed by atoms with Gasteiger partial charge in [0.25, 0.3) is 0 Å². The first-order valence-electron chi connectivity index (χ1n) is 44.6. The van der Waals surface area contributed by atoms with Gasteiger partial charge in [0.05, 0.1) is 108 Å². The summed E-state index contributed by atoms with van der Waals surface area (Å²) in [5.74, 6) is 8.55. The van der Waals surface area contributed by atoms with E-state index in [1.807, 2.05) is 107 Å². The Morgan fingerprint density at radius 2 is 0.888 bits per heavy atom. The van der Waals surface area contributed by atoms with E-state index in [1.165, 1.54) is 148 Å². The van der Waals surface area contributed by atoms with Gasteiger partial charge in [0.1, 0.15) is 80.5 Å². The maximum atomic E-state index is 11.9. The lowest BCUT2D eigenvalue weighted by Gasteiger charge is -2.32. The van der Waals surface area contributed by atoms with Gasteiger partial charge >= 0.3 is 31.8 Å². The molecule has 0 atom stereocenters. The van der Waals surface area contributed by atoms with Gasteiger partial charge in [-0.15, -0.1) is 47.3 Å². The molecule has 22 nitrogen and oxygen atoms in total. The summed E-state index contributed by atoms with van der Waals surface area (Å²) < 4.78 is 141. The number of phenols is 2. The van der Waals surface area contributed by atoms with Crippen molar-refractivity contribution < 1.29 is 113 Å². The van der Waals surface area contributed by atoms with E-state index in [-0.39, 0.29) is 33.0 Å². The predicted octanol–water partition coefficient (Wildman–Crippen LogP) is 27.9. The Bertz CT molecular complexity index is 4480. The quantitative estimate of drug-likeness (QED) is 0.0171. The largest absolute Gasteiger partial charge is 0.508 e. The van der Waals surface area contributed by atoms with Crippen molar-refractivity contribution in [1.29, 1.82) is 0 Å². The van der Waals surface area contributed by atoms with Crippen LogP contribution in [0.4, 0.5) is 12.7 Å². The number of hydrogen-bond donors (Lipinski definition) is 4. The third-order valence-electron chi connectivity index (χ3n) is 21.2. The molecule has 1 aliphatic heterocycles. The molecule has 0 amide bonds. The van der Waals surface area contributed by atoms with Gasteiger partial charge in [0, 0.05) is 75.7 Å². The number of aromatic hydroxyl groups is 2. The van der Waals surface area contributed by atoms with E-state index >= 15 is 0 Å². The lowest BCUT2D eigenvalue weighted by Crippen LogP contribution is -2.41. The van der Waals surface area contributed by atoms with Crippen molar-refractivity contribution in [2.45, 2.75) is 227 Å². The molecular formula is C100H146B2Br5F3INO21S.